The van der Waals surface area contributed by atoms with Crippen LogP contribution in [0.15, 0.2) is 18.2 Å². The van der Waals surface area contributed by atoms with Crippen LogP contribution in [0.1, 0.15) is 16.8 Å². The van der Waals surface area contributed by atoms with Gasteiger partial charge in [-0.25, -0.2) is 4.39 Å². The highest BCUT2D eigenvalue weighted by atomic mass is 19.1. The molecule has 3 rings (SSSR count). The second-order valence-electron chi connectivity index (χ2n) is 6.44. The van der Waals surface area contributed by atoms with Crippen LogP contribution in [-0.4, -0.2) is 79.5 Å². The van der Waals surface area contributed by atoms with Crippen LogP contribution in [0.5, 0.6) is 5.75 Å². The van der Waals surface area contributed by atoms with Crippen LogP contribution in [0.2, 0.25) is 0 Å². The Balaban J connectivity index is 1.63. The van der Waals surface area contributed by atoms with Crippen molar-refractivity contribution < 1.29 is 23.8 Å². The number of hydrogen-bond donors (Lipinski definition) is 1. The quantitative estimate of drug-likeness (QED) is 0.878. The van der Waals surface area contributed by atoms with E-state index in [1.54, 1.807) is 11.0 Å². The first-order valence-corrected chi connectivity index (χ1v) is 8.16. The Labute approximate surface area is 140 Å². The molecule has 0 unspecified atom stereocenters. The van der Waals surface area contributed by atoms with E-state index < -0.39 is 11.4 Å². The van der Waals surface area contributed by atoms with Crippen molar-refractivity contribution in [2.75, 3.05) is 53.0 Å². The molecule has 0 aliphatic carbocycles. The maximum Gasteiger partial charge on any atom is 0.254 e. The fraction of sp³-hybridized carbons (Fsp3) is 0.588. The second kappa shape index (κ2) is 7.04. The smallest absolute Gasteiger partial charge is 0.254 e. The predicted molar refractivity (Wildman–Crippen MR) is 85.7 cm³/mol. The number of hydrogen-bond acceptors (Lipinski definition) is 5. The van der Waals surface area contributed by atoms with Gasteiger partial charge < -0.3 is 19.5 Å². The van der Waals surface area contributed by atoms with Crippen molar-refractivity contribution in [1.82, 2.24) is 9.80 Å². The van der Waals surface area contributed by atoms with Crippen molar-refractivity contribution in [2.45, 2.75) is 12.0 Å². The average Bonchev–Trinajstić information content (AvgIpc) is 2.97. The fourth-order valence-electron chi connectivity index (χ4n) is 3.32. The minimum Gasteiger partial charge on any atom is -0.494 e. The molecule has 2 aliphatic rings. The highest BCUT2D eigenvalue weighted by molar-refractivity contribution is 5.94. The van der Waals surface area contributed by atoms with E-state index in [4.69, 9.17) is 9.47 Å². The van der Waals surface area contributed by atoms with Gasteiger partial charge in [0.05, 0.1) is 32.5 Å². The first-order chi connectivity index (χ1) is 11.5. The van der Waals surface area contributed by atoms with E-state index in [1.165, 1.54) is 19.2 Å². The zero-order valence-electron chi connectivity index (χ0n) is 13.8. The predicted octanol–water partition coefficient (Wildman–Crippen LogP) is 0.744. The molecule has 1 amide bonds. The number of halogens is 1. The number of benzene rings is 1. The summed E-state index contributed by atoms with van der Waals surface area (Å²) in [4.78, 5) is 16.3. The topological polar surface area (TPSA) is 62.2 Å². The van der Waals surface area contributed by atoms with Crippen molar-refractivity contribution in [3.63, 3.8) is 0 Å². The Bertz CT molecular complexity index is 606. The Kier molecular flexibility index (Phi) is 5.03. The second-order valence-corrected chi connectivity index (χ2v) is 6.44. The zero-order valence-corrected chi connectivity index (χ0v) is 13.8. The van der Waals surface area contributed by atoms with Gasteiger partial charge in [-0.3, -0.25) is 9.69 Å². The van der Waals surface area contributed by atoms with Gasteiger partial charge >= 0.3 is 0 Å². The van der Waals surface area contributed by atoms with Crippen molar-refractivity contribution in [1.29, 1.82) is 0 Å². The lowest BCUT2D eigenvalue weighted by Crippen LogP contribution is -2.49. The third-order valence-corrected chi connectivity index (χ3v) is 4.64. The number of morpholine rings is 1. The minimum atomic E-state index is -0.919. The number of carbonyl (C=O) groups is 1. The van der Waals surface area contributed by atoms with E-state index in [0.29, 0.717) is 32.7 Å². The molecular formula is C17H23FN2O4. The van der Waals surface area contributed by atoms with Crippen LogP contribution in [0.25, 0.3) is 0 Å². The number of ether oxygens (including phenoxy) is 2. The van der Waals surface area contributed by atoms with Gasteiger partial charge in [0.1, 0.15) is 0 Å². The van der Waals surface area contributed by atoms with E-state index in [1.807, 2.05) is 0 Å². The Hall–Kier alpha value is -1.70. The summed E-state index contributed by atoms with van der Waals surface area (Å²) >= 11 is 0. The van der Waals surface area contributed by atoms with Crippen LogP contribution >= 0.6 is 0 Å². The highest BCUT2D eigenvalue weighted by Gasteiger charge is 2.40. The lowest BCUT2D eigenvalue weighted by Gasteiger charge is -2.33. The van der Waals surface area contributed by atoms with E-state index in [-0.39, 0.29) is 23.8 Å². The molecule has 0 saturated carbocycles. The summed E-state index contributed by atoms with van der Waals surface area (Å²) in [7, 11) is 1.38. The number of nitrogens with zero attached hydrogens (tertiary/aromatic N) is 2. The standard InChI is InChI=1S/C17H23FN2O4/c1-23-15-3-2-13(10-14(15)18)16(21)20-5-4-17(22,12-20)11-19-6-8-24-9-7-19/h2-3,10,22H,4-9,11-12H2,1H3/t17-/m1/s1. The molecule has 1 aromatic carbocycles. The minimum absolute atomic E-state index is 0.108. The van der Waals surface area contributed by atoms with Crippen molar-refractivity contribution in [2.24, 2.45) is 0 Å². The molecule has 0 radical (unpaired) electrons. The first-order valence-electron chi connectivity index (χ1n) is 8.16. The molecule has 0 spiro atoms. The molecule has 1 atom stereocenters. The van der Waals surface area contributed by atoms with Gasteiger partial charge in [-0.2, -0.15) is 0 Å². The summed E-state index contributed by atoms with van der Waals surface area (Å²) in [5, 5.41) is 10.8. The Morgan fingerprint density at radius 1 is 1.38 bits per heavy atom. The van der Waals surface area contributed by atoms with E-state index in [0.717, 1.165) is 13.1 Å². The molecule has 6 nitrogen and oxygen atoms in total. The third-order valence-electron chi connectivity index (χ3n) is 4.64. The molecule has 24 heavy (non-hydrogen) atoms. The SMILES string of the molecule is COc1ccc(C(=O)N2CC[C@@](O)(CN3CCOCC3)C2)cc1F. The molecule has 1 N–H and O–H groups in total. The molecule has 0 bridgehead atoms. The van der Waals surface area contributed by atoms with Crippen LogP contribution < -0.4 is 4.74 Å². The molecule has 2 heterocycles. The van der Waals surface area contributed by atoms with Gasteiger partial charge in [-0.1, -0.05) is 0 Å². The van der Waals surface area contributed by atoms with E-state index in [2.05, 4.69) is 4.90 Å². The summed E-state index contributed by atoms with van der Waals surface area (Å²) in [5.74, 6) is -0.725. The van der Waals surface area contributed by atoms with Crippen molar-refractivity contribution in [3.8, 4) is 5.75 Å². The maximum atomic E-state index is 13.8. The molecule has 2 aliphatic heterocycles. The summed E-state index contributed by atoms with van der Waals surface area (Å²) in [6.45, 7) is 4.18. The van der Waals surface area contributed by atoms with Gasteiger partial charge in [0.15, 0.2) is 11.6 Å². The highest BCUT2D eigenvalue weighted by Crippen LogP contribution is 2.26. The first kappa shape index (κ1) is 17.1. The Morgan fingerprint density at radius 2 is 2.12 bits per heavy atom. The molecule has 132 valence electrons. The van der Waals surface area contributed by atoms with Crippen molar-refractivity contribution in [3.05, 3.63) is 29.6 Å². The Morgan fingerprint density at radius 3 is 2.79 bits per heavy atom. The molecule has 1 aromatic rings. The number of likely N-dealkylation sites (tertiary alicyclic amines) is 1. The zero-order chi connectivity index (χ0) is 17.2. The number of methoxy groups -OCH3 is 1. The largest absolute Gasteiger partial charge is 0.494 e. The average molecular weight is 338 g/mol. The lowest BCUT2D eigenvalue weighted by atomic mass is 10.0. The van der Waals surface area contributed by atoms with Crippen molar-refractivity contribution >= 4 is 5.91 Å². The number of carbonyl (C=O) groups excluding carboxylic acids is 1. The van der Waals surface area contributed by atoms with Gasteiger partial charge in [0.25, 0.3) is 5.91 Å². The molecular weight excluding hydrogens is 315 g/mol. The van der Waals surface area contributed by atoms with E-state index >= 15 is 0 Å². The van der Waals surface area contributed by atoms with Gasteiger partial charge in [-0.05, 0) is 24.6 Å². The maximum absolute atomic E-state index is 13.8. The van der Waals surface area contributed by atoms with Crippen LogP contribution in [0.4, 0.5) is 4.39 Å². The van der Waals surface area contributed by atoms with Gasteiger partial charge in [0, 0.05) is 31.7 Å². The fourth-order valence-corrected chi connectivity index (χ4v) is 3.32. The molecule has 0 aromatic heterocycles. The lowest BCUT2D eigenvalue weighted by molar-refractivity contribution is -0.0257. The summed E-state index contributed by atoms with van der Waals surface area (Å²) in [5.41, 5.74) is -0.651. The van der Waals surface area contributed by atoms with Crippen LogP contribution in [-0.2, 0) is 4.74 Å². The third kappa shape index (κ3) is 3.68. The van der Waals surface area contributed by atoms with Crippen LogP contribution in [0.3, 0.4) is 0 Å². The number of amides is 1. The van der Waals surface area contributed by atoms with E-state index in [9.17, 15) is 14.3 Å². The monoisotopic (exact) mass is 338 g/mol. The normalized spacial score (nSPS) is 25.0. The number of rotatable bonds is 4. The summed E-state index contributed by atoms with van der Waals surface area (Å²) in [6.07, 6.45) is 0.523. The number of β-amino-alcohol motifs (C(OH)–C–C–N with tert-alkyl or cyclic N) is 1. The van der Waals surface area contributed by atoms with Gasteiger partial charge in [0.2, 0.25) is 0 Å². The summed E-state index contributed by atoms with van der Waals surface area (Å²) < 4.78 is 24.0. The molecule has 2 saturated heterocycles. The summed E-state index contributed by atoms with van der Waals surface area (Å²) in [6, 6.07) is 4.17. The molecule has 2 fully saturated rings. The molecule has 7 heteroatoms. The van der Waals surface area contributed by atoms with Gasteiger partial charge in [-0.15, -0.1) is 0 Å². The number of aliphatic hydroxyl groups is 1. The van der Waals surface area contributed by atoms with Crippen LogP contribution in [0, 0.1) is 5.82 Å².